The number of unbranched alkanes of at least 4 members (excludes halogenated alkanes) is 2. The van der Waals surface area contributed by atoms with E-state index >= 15 is 0 Å². The van der Waals surface area contributed by atoms with E-state index in [0.29, 0.717) is 11.6 Å². The lowest BCUT2D eigenvalue weighted by molar-refractivity contribution is 0.295. The first-order valence-corrected chi connectivity index (χ1v) is 4.72. The Morgan fingerprint density at radius 3 is 2.75 bits per heavy atom. The third-order valence-electron chi connectivity index (χ3n) is 1.43. The average molecular weight is 190 g/mol. The Hall–Kier alpha value is -0.190. The van der Waals surface area contributed by atoms with Crippen LogP contribution in [0, 0.1) is 0 Å². The van der Waals surface area contributed by atoms with Gasteiger partial charge in [0.2, 0.25) is 0 Å². The highest BCUT2D eigenvalue weighted by Crippen LogP contribution is 1.94. The van der Waals surface area contributed by atoms with E-state index in [1.807, 2.05) is 7.05 Å². The van der Waals surface area contributed by atoms with Crippen molar-refractivity contribution in [3.8, 4) is 0 Å². The lowest BCUT2D eigenvalue weighted by Gasteiger charge is -2.05. The average Bonchev–Trinajstić information content (AvgIpc) is 2.05. The highest BCUT2D eigenvalue weighted by Gasteiger charge is 1.94. The smallest absolute Gasteiger partial charge is 0.173 e. The summed E-state index contributed by atoms with van der Waals surface area (Å²) in [5, 5.41) is 3.58. The van der Waals surface area contributed by atoms with Crippen molar-refractivity contribution >= 4 is 17.3 Å². The van der Waals surface area contributed by atoms with Crippen molar-refractivity contribution in [3.63, 3.8) is 0 Å². The van der Waals surface area contributed by atoms with Gasteiger partial charge in [-0.25, -0.2) is 0 Å². The van der Waals surface area contributed by atoms with Crippen LogP contribution in [0.2, 0.25) is 0 Å². The highest BCUT2D eigenvalue weighted by atomic mass is 32.1. The van der Waals surface area contributed by atoms with Crippen molar-refractivity contribution in [2.75, 3.05) is 26.7 Å². The Labute approximate surface area is 79.7 Å². The fraction of sp³-hybridized carbons (Fsp3) is 0.875. The molecule has 0 fully saturated rings. The van der Waals surface area contributed by atoms with Gasteiger partial charge in [0.15, 0.2) is 5.05 Å². The second-order valence-electron chi connectivity index (χ2n) is 2.60. The van der Waals surface area contributed by atoms with Gasteiger partial charge in [-0.3, -0.25) is 0 Å². The second kappa shape index (κ2) is 8.90. The summed E-state index contributed by atoms with van der Waals surface area (Å²) in [6.07, 6.45) is 3.24. The zero-order valence-electron chi connectivity index (χ0n) is 7.64. The SMILES string of the molecule is CNCC(=S)OCCCCCN. The number of hydrogen-bond acceptors (Lipinski definition) is 4. The molecule has 0 aromatic carbocycles. The fourth-order valence-electron chi connectivity index (χ4n) is 0.805. The van der Waals surface area contributed by atoms with Gasteiger partial charge < -0.3 is 15.8 Å². The lowest BCUT2D eigenvalue weighted by atomic mass is 10.2. The van der Waals surface area contributed by atoms with Crippen LogP contribution in [0.25, 0.3) is 0 Å². The van der Waals surface area contributed by atoms with Crippen LogP contribution >= 0.6 is 12.2 Å². The molecule has 0 aromatic rings. The Bertz CT molecular complexity index is 120. The molecule has 0 aromatic heterocycles. The summed E-state index contributed by atoms with van der Waals surface area (Å²) in [5.41, 5.74) is 5.34. The van der Waals surface area contributed by atoms with E-state index in [9.17, 15) is 0 Å². The Kier molecular flexibility index (Phi) is 8.76. The highest BCUT2D eigenvalue weighted by molar-refractivity contribution is 7.80. The predicted molar refractivity (Wildman–Crippen MR) is 55.4 cm³/mol. The van der Waals surface area contributed by atoms with Crippen molar-refractivity contribution in [2.45, 2.75) is 19.3 Å². The van der Waals surface area contributed by atoms with Crippen molar-refractivity contribution in [3.05, 3.63) is 0 Å². The van der Waals surface area contributed by atoms with E-state index in [1.165, 1.54) is 0 Å². The van der Waals surface area contributed by atoms with Gasteiger partial charge in [0.1, 0.15) is 0 Å². The van der Waals surface area contributed by atoms with E-state index in [4.69, 9.17) is 22.7 Å². The second-order valence-corrected chi connectivity index (χ2v) is 3.06. The number of ether oxygens (including phenoxy) is 1. The van der Waals surface area contributed by atoms with Crippen LogP contribution in [0.15, 0.2) is 0 Å². The number of nitrogens with two attached hydrogens (primary N) is 1. The van der Waals surface area contributed by atoms with Crippen LogP contribution in [0.1, 0.15) is 19.3 Å². The maximum absolute atomic E-state index is 5.34. The minimum atomic E-state index is 0.644. The molecule has 4 heteroatoms. The first-order chi connectivity index (χ1) is 5.81. The first-order valence-electron chi connectivity index (χ1n) is 4.31. The van der Waals surface area contributed by atoms with E-state index in [2.05, 4.69) is 5.32 Å². The molecule has 0 aliphatic heterocycles. The Balaban J connectivity index is 3.03. The normalized spacial score (nSPS) is 9.83. The van der Waals surface area contributed by atoms with Gasteiger partial charge in [-0.05, 0) is 45.1 Å². The standard InChI is InChI=1S/C8H18N2OS/c1-10-7-8(12)11-6-4-2-3-5-9/h10H,2-7,9H2,1H3. The maximum atomic E-state index is 5.34. The summed E-state index contributed by atoms with van der Waals surface area (Å²) >= 11 is 4.92. The van der Waals surface area contributed by atoms with Gasteiger partial charge in [0.05, 0.1) is 13.2 Å². The van der Waals surface area contributed by atoms with Gasteiger partial charge in [0, 0.05) is 0 Å². The topological polar surface area (TPSA) is 47.3 Å². The predicted octanol–water partition coefficient (Wildman–Crippen LogP) is 0.679. The number of rotatable bonds is 7. The minimum absolute atomic E-state index is 0.644. The van der Waals surface area contributed by atoms with Crippen LogP contribution in [0.5, 0.6) is 0 Å². The molecule has 0 aliphatic rings. The van der Waals surface area contributed by atoms with Crippen molar-refractivity contribution in [2.24, 2.45) is 5.73 Å². The van der Waals surface area contributed by atoms with E-state index < -0.39 is 0 Å². The Morgan fingerprint density at radius 1 is 1.42 bits per heavy atom. The van der Waals surface area contributed by atoms with Crippen molar-refractivity contribution in [1.29, 1.82) is 0 Å². The summed E-state index contributed by atoms with van der Waals surface area (Å²) in [6, 6.07) is 0. The quantitative estimate of drug-likeness (QED) is 0.458. The number of likely N-dealkylation sites (N-methyl/N-ethyl adjacent to an activating group) is 1. The molecule has 3 nitrogen and oxygen atoms in total. The van der Waals surface area contributed by atoms with Gasteiger partial charge in [-0.1, -0.05) is 0 Å². The zero-order valence-corrected chi connectivity index (χ0v) is 8.45. The van der Waals surface area contributed by atoms with Gasteiger partial charge in [0.25, 0.3) is 0 Å². The van der Waals surface area contributed by atoms with Crippen LogP contribution in [0.4, 0.5) is 0 Å². The summed E-state index contributed by atoms with van der Waals surface area (Å²) in [7, 11) is 1.85. The molecular formula is C8H18N2OS. The molecule has 72 valence electrons. The van der Waals surface area contributed by atoms with Crippen LogP contribution in [-0.2, 0) is 4.74 Å². The molecule has 0 bridgehead atoms. The molecule has 0 amide bonds. The number of hydrogen-bond donors (Lipinski definition) is 2. The monoisotopic (exact) mass is 190 g/mol. The van der Waals surface area contributed by atoms with Gasteiger partial charge in [-0.2, -0.15) is 0 Å². The summed E-state index contributed by atoms with van der Waals surface area (Å²) in [6.45, 7) is 2.15. The maximum Gasteiger partial charge on any atom is 0.173 e. The molecule has 0 heterocycles. The molecule has 0 spiro atoms. The van der Waals surface area contributed by atoms with Gasteiger partial charge >= 0.3 is 0 Å². The largest absolute Gasteiger partial charge is 0.486 e. The molecule has 0 radical (unpaired) electrons. The minimum Gasteiger partial charge on any atom is -0.486 e. The molecule has 0 aliphatic carbocycles. The lowest BCUT2D eigenvalue weighted by Crippen LogP contribution is -2.19. The molecule has 3 N–H and O–H groups in total. The van der Waals surface area contributed by atoms with E-state index in [-0.39, 0.29) is 0 Å². The molecule has 0 saturated carbocycles. The molecule has 0 unspecified atom stereocenters. The van der Waals surface area contributed by atoms with E-state index in [1.54, 1.807) is 0 Å². The van der Waals surface area contributed by atoms with Crippen molar-refractivity contribution < 1.29 is 4.74 Å². The Morgan fingerprint density at radius 2 is 2.17 bits per heavy atom. The third-order valence-corrected chi connectivity index (χ3v) is 1.69. The molecule has 0 saturated heterocycles. The number of thiocarbonyl (C=S) groups is 1. The molecule has 12 heavy (non-hydrogen) atoms. The molecule has 0 rings (SSSR count). The summed E-state index contributed by atoms with van der Waals surface area (Å²) in [5.74, 6) is 0. The first kappa shape index (κ1) is 11.8. The molecular weight excluding hydrogens is 172 g/mol. The van der Waals surface area contributed by atoms with Crippen LogP contribution in [-0.4, -0.2) is 31.8 Å². The fourth-order valence-corrected chi connectivity index (χ4v) is 1.03. The van der Waals surface area contributed by atoms with Crippen molar-refractivity contribution in [1.82, 2.24) is 5.32 Å². The van der Waals surface area contributed by atoms with Gasteiger partial charge in [-0.15, -0.1) is 0 Å². The van der Waals surface area contributed by atoms with Crippen LogP contribution < -0.4 is 11.1 Å². The van der Waals surface area contributed by atoms with Crippen LogP contribution in [0.3, 0.4) is 0 Å². The molecule has 0 atom stereocenters. The summed E-state index contributed by atoms with van der Waals surface area (Å²) < 4.78 is 5.26. The summed E-state index contributed by atoms with van der Waals surface area (Å²) in [4.78, 5) is 0. The third kappa shape index (κ3) is 7.91. The zero-order chi connectivity index (χ0) is 9.23. The van der Waals surface area contributed by atoms with E-state index in [0.717, 1.165) is 32.4 Å². The number of nitrogens with one attached hydrogen (secondary N) is 1.